The van der Waals surface area contributed by atoms with Gasteiger partial charge in [0.15, 0.2) is 0 Å². The lowest BCUT2D eigenvalue weighted by atomic mass is 9.80. The third-order valence-corrected chi connectivity index (χ3v) is 5.58. The lowest BCUT2D eigenvalue weighted by Gasteiger charge is -2.37. The Morgan fingerprint density at radius 3 is 2.40 bits per heavy atom. The van der Waals surface area contributed by atoms with Gasteiger partial charge in [0.05, 0.1) is 6.42 Å². The summed E-state index contributed by atoms with van der Waals surface area (Å²) in [6, 6.07) is 0. The Labute approximate surface area is 121 Å². The Morgan fingerprint density at radius 1 is 1.30 bits per heavy atom. The van der Waals surface area contributed by atoms with Crippen molar-refractivity contribution in [2.24, 2.45) is 0 Å². The molecular formula is C13H26N2O4S. The zero-order chi connectivity index (χ0) is 15.2. The number of carboxylic acid groups (broad SMARTS) is 1. The summed E-state index contributed by atoms with van der Waals surface area (Å²) in [7, 11) is -2.08. The number of hydrogen-bond acceptors (Lipinski definition) is 3. The molecule has 1 aliphatic carbocycles. The second-order valence-electron chi connectivity index (χ2n) is 5.69. The molecule has 0 spiro atoms. The molecule has 1 saturated carbocycles. The van der Waals surface area contributed by atoms with Crippen molar-refractivity contribution in [2.75, 3.05) is 13.6 Å². The Balaban J connectivity index is 2.80. The number of carbonyl (C=O) groups is 1. The Bertz CT molecular complexity index is 416. The van der Waals surface area contributed by atoms with Crippen LogP contribution in [0.1, 0.15) is 58.3 Å². The van der Waals surface area contributed by atoms with Gasteiger partial charge >= 0.3 is 5.97 Å². The molecule has 7 heteroatoms. The largest absolute Gasteiger partial charge is 0.481 e. The summed E-state index contributed by atoms with van der Waals surface area (Å²) in [5.74, 6) is -0.953. The maximum atomic E-state index is 12.3. The van der Waals surface area contributed by atoms with E-state index in [0.29, 0.717) is 19.4 Å². The minimum atomic E-state index is -3.62. The number of carboxylic acids is 1. The quantitative estimate of drug-likeness (QED) is 0.715. The molecule has 1 rings (SSSR count). The van der Waals surface area contributed by atoms with Crippen LogP contribution in [0.25, 0.3) is 0 Å². The molecule has 0 aromatic heterocycles. The van der Waals surface area contributed by atoms with Crippen LogP contribution < -0.4 is 4.72 Å². The first-order valence-corrected chi connectivity index (χ1v) is 8.72. The van der Waals surface area contributed by atoms with Crippen LogP contribution in [-0.2, 0) is 15.0 Å². The molecule has 2 N–H and O–H groups in total. The predicted octanol–water partition coefficient (Wildman–Crippen LogP) is 1.73. The summed E-state index contributed by atoms with van der Waals surface area (Å²) >= 11 is 0. The summed E-state index contributed by atoms with van der Waals surface area (Å²) in [5.41, 5.74) is -0.816. The number of hydrogen-bond donors (Lipinski definition) is 2. The highest BCUT2D eigenvalue weighted by molar-refractivity contribution is 7.87. The molecule has 118 valence electrons. The van der Waals surface area contributed by atoms with Gasteiger partial charge in [-0.3, -0.25) is 4.79 Å². The van der Waals surface area contributed by atoms with Crippen LogP contribution in [0.15, 0.2) is 0 Å². The molecule has 0 aromatic carbocycles. The molecule has 0 unspecified atom stereocenters. The number of rotatable bonds is 8. The van der Waals surface area contributed by atoms with Crippen LogP contribution in [0, 0.1) is 0 Å². The molecule has 1 aliphatic rings. The van der Waals surface area contributed by atoms with Crippen molar-refractivity contribution in [3.8, 4) is 0 Å². The molecule has 0 saturated heterocycles. The van der Waals surface area contributed by atoms with Crippen molar-refractivity contribution < 1.29 is 18.3 Å². The highest BCUT2D eigenvalue weighted by Gasteiger charge is 2.39. The normalized spacial score (nSPS) is 19.1. The lowest BCUT2D eigenvalue weighted by Crippen LogP contribution is -2.54. The zero-order valence-electron chi connectivity index (χ0n) is 12.4. The number of unbranched alkanes of at least 4 members (excludes halogenated alkanes) is 1. The second kappa shape index (κ2) is 7.38. The monoisotopic (exact) mass is 306 g/mol. The van der Waals surface area contributed by atoms with Gasteiger partial charge in [0, 0.05) is 19.1 Å². The van der Waals surface area contributed by atoms with Crippen LogP contribution in [0.3, 0.4) is 0 Å². The maximum Gasteiger partial charge on any atom is 0.305 e. The van der Waals surface area contributed by atoms with E-state index >= 15 is 0 Å². The minimum Gasteiger partial charge on any atom is -0.481 e. The van der Waals surface area contributed by atoms with E-state index in [1.165, 1.54) is 11.4 Å². The molecule has 20 heavy (non-hydrogen) atoms. The van der Waals surface area contributed by atoms with Gasteiger partial charge < -0.3 is 5.11 Å². The average molecular weight is 306 g/mol. The smallest absolute Gasteiger partial charge is 0.305 e. The SMILES string of the molecule is CCCCN(C)S(=O)(=O)NC1(CC(=O)O)CCCCC1. The van der Waals surface area contributed by atoms with Crippen molar-refractivity contribution in [3.05, 3.63) is 0 Å². The molecule has 0 aliphatic heterocycles. The van der Waals surface area contributed by atoms with Gasteiger partial charge in [0.1, 0.15) is 0 Å². The summed E-state index contributed by atoms with van der Waals surface area (Å²) < 4.78 is 28.6. The molecule has 0 bridgehead atoms. The van der Waals surface area contributed by atoms with Gasteiger partial charge in [-0.2, -0.15) is 17.4 Å². The van der Waals surface area contributed by atoms with E-state index in [9.17, 15) is 13.2 Å². The first-order valence-electron chi connectivity index (χ1n) is 7.28. The minimum absolute atomic E-state index is 0.145. The maximum absolute atomic E-state index is 12.3. The van der Waals surface area contributed by atoms with Crippen molar-refractivity contribution in [2.45, 2.75) is 63.8 Å². The van der Waals surface area contributed by atoms with Gasteiger partial charge in [0.2, 0.25) is 0 Å². The molecule has 0 aromatic rings. The first kappa shape index (κ1) is 17.4. The van der Waals surface area contributed by atoms with Gasteiger partial charge in [-0.25, -0.2) is 0 Å². The number of nitrogens with zero attached hydrogens (tertiary/aromatic N) is 1. The van der Waals surface area contributed by atoms with Crippen LogP contribution in [0.2, 0.25) is 0 Å². The topological polar surface area (TPSA) is 86.7 Å². The molecule has 0 amide bonds. The number of nitrogens with one attached hydrogen (secondary N) is 1. The van der Waals surface area contributed by atoms with E-state index in [1.807, 2.05) is 6.92 Å². The van der Waals surface area contributed by atoms with Crippen LogP contribution >= 0.6 is 0 Å². The summed E-state index contributed by atoms with van der Waals surface area (Å²) in [6.45, 7) is 2.45. The Morgan fingerprint density at radius 2 is 1.90 bits per heavy atom. The van der Waals surface area contributed by atoms with Crippen molar-refractivity contribution >= 4 is 16.2 Å². The first-order chi connectivity index (χ1) is 9.31. The van der Waals surface area contributed by atoms with Crippen molar-refractivity contribution in [1.82, 2.24) is 9.03 Å². The summed E-state index contributed by atoms with van der Waals surface area (Å²) in [5, 5.41) is 9.06. The van der Waals surface area contributed by atoms with Crippen LogP contribution in [0.4, 0.5) is 0 Å². The van der Waals surface area contributed by atoms with E-state index in [1.54, 1.807) is 0 Å². The third kappa shape index (κ3) is 5.03. The molecule has 0 heterocycles. The van der Waals surface area contributed by atoms with E-state index in [-0.39, 0.29) is 6.42 Å². The van der Waals surface area contributed by atoms with E-state index in [2.05, 4.69) is 4.72 Å². The molecule has 6 nitrogen and oxygen atoms in total. The highest BCUT2D eigenvalue weighted by Crippen LogP contribution is 2.32. The predicted molar refractivity (Wildman–Crippen MR) is 77.7 cm³/mol. The second-order valence-corrected chi connectivity index (χ2v) is 7.47. The summed E-state index contributed by atoms with van der Waals surface area (Å²) in [6.07, 6.45) is 5.54. The van der Waals surface area contributed by atoms with E-state index in [4.69, 9.17) is 5.11 Å². The van der Waals surface area contributed by atoms with Gasteiger partial charge in [-0.15, -0.1) is 0 Å². The fourth-order valence-electron chi connectivity index (χ4n) is 2.69. The Kier molecular flexibility index (Phi) is 6.42. The standard InChI is InChI=1S/C13H26N2O4S/c1-3-4-10-15(2)20(18,19)14-13(11-12(16)17)8-6-5-7-9-13/h14H,3-11H2,1-2H3,(H,16,17). The van der Waals surface area contributed by atoms with Gasteiger partial charge in [-0.1, -0.05) is 32.6 Å². The van der Waals surface area contributed by atoms with Gasteiger partial charge in [-0.05, 0) is 19.3 Å². The van der Waals surface area contributed by atoms with E-state index < -0.39 is 21.7 Å². The molecule has 0 atom stereocenters. The van der Waals surface area contributed by atoms with Crippen molar-refractivity contribution in [1.29, 1.82) is 0 Å². The highest BCUT2D eigenvalue weighted by atomic mass is 32.2. The Hall–Kier alpha value is -0.660. The average Bonchev–Trinajstić information content (AvgIpc) is 2.35. The fraction of sp³-hybridized carbons (Fsp3) is 0.923. The molecular weight excluding hydrogens is 280 g/mol. The van der Waals surface area contributed by atoms with Crippen LogP contribution in [-0.4, -0.2) is 42.9 Å². The zero-order valence-corrected chi connectivity index (χ0v) is 13.2. The van der Waals surface area contributed by atoms with Crippen molar-refractivity contribution in [3.63, 3.8) is 0 Å². The summed E-state index contributed by atoms with van der Waals surface area (Å²) in [4.78, 5) is 11.1. The molecule has 0 radical (unpaired) electrons. The number of aliphatic carboxylic acids is 1. The van der Waals surface area contributed by atoms with Crippen LogP contribution in [0.5, 0.6) is 0 Å². The van der Waals surface area contributed by atoms with E-state index in [0.717, 1.165) is 32.1 Å². The lowest BCUT2D eigenvalue weighted by molar-refractivity contribution is -0.138. The molecule has 1 fully saturated rings. The fourth-order valence-corrected chi connectivity index (χ4v) is 4.03. The van der Waals surface area contributed by atoms with Gasteiger partial charge in [0.25, 0.3) is 10.2 Å². The third-order valence-electron chi connectivity index (χ3n) is 3.88.